The van der Waals surface area contributed by atoms with E-state index in [9.17, 15) is 4.79 Å². The van der Waals surface area contributed by atoms with Crippen molar-refractivity contribution in [2.75, 3.05) is 17.7 Å². The van der Waals surface area contributed by atoms with Crippen molar-refractivity contribution in [1.82, 2.24) is 0 Å². The molecule has 5 heteroatoms. The zero-order chi connectivity index (χ0) is 14.5. The van der Waals surface area contributed by atoms with E-state index in [0.29, 0.717) is 17.1 Å². The summed E-state index contributed by atoms with van der Waals surface area (Å²) in [4.78, 5) is 11.9. The number of anilines is 2. The molecule has 0 fully saturated rings. The summed E-state index contributed by atoms with van der Waals surface area (Å²) >= 11 is 3.36. The summed E-state index contributed by atoms with van der Waals surface area (Å²) in [6.07, 6.45) is 0. The van der Waals surface area contributed by atoms with Gasteiger partial charge in [-0.25, -0.2) is 0 Å². The fraction of sp³-hybridized carbons (Fsp3) is 0.133. The fourth-order valence-electron chi connectivity index (χ4n) is 1.67. The van der Waals surface area contributed by atoms with Crippen molar-refractivity contribution in [2.45, 2.75) is 6.92 Å². The number of hydrogen-bond acceptors (Lipinski definition) is 3. The Morgan fingerprint density at radius 1 is 1.30 bits per heavy atom. The first kappa shape index (κ1) is 14.4. The fourth-order valence-corrected chi connectivity index (χ4v) is 2.06. The molecule has 0 saturated carbocycles. The van der Waals surface area contributed by atoms with Crippen LogP contribution in [0.15, 0.2) is 46.9 Å². The molecule has 0 unspecified atom stereocenters. The van der Waals surface area contributed by atoms with Gasteiger partial charge in [-0.3, -0.25) is 4.79 Å². The van der Waals surface area contributed by atoms with Gasteiger partial charge in [0.05, 0.1) is 4.47 Å². The number of amides is 1. The molecule has 1 amide bonds. The van der Waals surface area contributed by atoms with Gasteiger partial charge in [0.25, 0.3) is 5.91 Å². The van der Waals surface area contributed by atoms with E-state index in [1.54, 1.807) is 18.2 Å². The number of nitrogens with two attached hydrogens (primary N) is 1. The number of ether oxygens (including phenoxy) is 1. The topological polar surface area (TPSA) is 64.3 Å². The quantitative estimate of drug-likeness (QED) is 0.842. The molecule has 0 bridgehead atoms. The molecule has 0 aliphatic rings. The molecule has 0 saturated heterocycles. The largest absolute Gasteiger partial charge is 0.483 e. The van der Waals surface area contributed by atoms with Crippen LogP contribution in [-0.4, -0.2) is 12.5 Å². The number of para-hydroxylation sites is 1. The Morgan fingerprint density at radius 2 is 2.05 bits per heavy atom. The number of carbonyl (C=O) groups is 1. The van der Waals surface area contributed by atoms with Crippen LogP contribution in [0.2, 0.25) is 0 Å². The Labute approximate surface area is 126 Å². The maximum atomic E-state index is 11.9. The van der Waals surface area contributed by atoms with Crippen LogP contribution in [0.5, 0.6) is 5.75 Å². The molecule has 4 nitrogen and oxygen atoms in total. The Morgan fingerprint density at radius 3 is 2.80 bits per heavy atom. The molecule has 0 aliphatic carbocycles. The van der Waals surface area contributed by atoms with Crippen LogP contribution in [0.4, 0.5) is 11.4 Å². The molecular weight excluding hydrogens is 320 g/mol. The molecule has 0 aliphatic heterocycles. The summed E-state index contributed by atoms with van der Waals surface area (Å²) < 4.78 is 6.26. The van der Waals surface area contributed by atoms with Gasteiger partial charge in [0, 0.05) is 11.4 Å². The van der Waals surface area contributed by atoms with Gasteiger partial charge in [-0.1, -0.05) is 18.2 Å². The highest BCUT2D eigenvalue weighted by molar-refractivity contribution is 9.10. The van der Waals surface area contributed by atoms with E-state index in [1.807, 2.05) is 31.2 Å². The van der Waals surface area contributed by atoms with Gasteiger partial charge in [0.2, 0.25) is 0 Å². The van der Waals surface area contributed by atoms with Gasteiger partial charge < -0.3 is 15.8 Å². The second-order valence-corrected chi connectivity index (χ2v) is 5.20. The van der Waals surface area contributed by atoms with Crippen LogP contribution < -0.4 is 15.8 Å². The first-order valence-corrected chi connectivity index (χ1v) is 6.89. The number of hydrogen-bond donors (Lipinski definition) is 2. The van der Waals surface area contributed by atoms with Crippen LogP contribution in [0, 0.1) is 6.92 Å². The summed E-state index contributed by atoms with van der Waals surface area (Å²) in [5, 5.41) is 2.78. The van der Waals surface area contributed by atoms with Crippen LogP contribution >= 0.6 is 15.9 Å². The van der Waals surface area contributed by atoms with Crippen molar-refractivity contribution >= 4 is 33.2 Å². The maximum Gasteiger partial charge on any atom is 0.262 e. The lowest BCUT2D eigenvalue weighted by atomic mass is 10.2. The Kier molecular flexibility index (Phi) is 4.63. The van der Waals surface area contributed by atoms with E-state index >= 15 is 0 Å². The smallest absolute Gasteiger partial charge is 0.262 e. The minimum absolute atomic E-state index is 0.0587. The molecule has 2 rings (SSSR count). The summed E-state index contributed by atoms with van der Waals surface area (Å²) in [6.45, 7) is 1.85. The Hall–Kier alpha value is -2.01. The minimum Gasteiger partial charge on any atom is -0.483 e. The van der Waals surface area contributed by atoms with Gasteiger partial charge in [-0.2, -0.15) is 0 Å². The zero-order valence-electron chi connectivity index (χ0n) is 11.0. The van der Waals surface area contributed by atoms with Crippen molar-refractivity contribution in [1.29, 1.82) is 0 Å². The van der Waals surface area contributed by atoms with E-state index in [4.69, 9.17) is 10.5 Å². The highest BCUT2D eigenvalue weighted by atomic mass is 79.9. The first-order valence-electron chi connectivity index (χ1n) is 6.09. The van der Waals surface area contributed by atoms with E-state index in [1.165, 1.54) is 0 Å². The highest BCUT2D eigenvalue weighted by Crippen LogP contribution is 2.24. The normalized spacial score (nSPS) is 10.1. The van der Waals surface area contributed by atoms with Crippen molar-refractivity contribution in [3.8, 4) is 5.75 Å². The van der Waals surface area contributed by atoms with Gasteiger partial charge in [-0.05, 0) is 52.7 Å². The monoisotopic (exact) mass is 334 g/mol. The number of benzene rings is 2. The van der Waals surface area contributed by atoms with E-state index in [2.05, 4.69) is 21.2 Å². The number of rotatable bonds is 4. The second kappa shape index (κ2) is 6.43. The van der Waals surface area contributed by atoms with Crippen LogP contribution in [0.25, 0.3) is 0 Å². The number of nitrogens with one attached hydrogen (secondary N) is 1. The van der Waals surface area contributed by atoms with Gasteiger partial charge in [0.15, 0.2) is 6.61 Å². The molecule has 104 valence electrons. The van der Waals surface area contributed by atoms with Gasteiger partial charge in [0.1, 0.15) is 5.75 Å². The number of halogens is 1. The molecule has 3 N–H and O–H groups in total. The molecule has 0 spiro atoms. The third-order valence-corrected chi connectivity index (χ3v) is 3.39. The average molecular weight is 335 g/mol. The maximum absolute atomic E-state index is 11.9. The van der Waals surface area contributed by atoms with Crippen molar-refractivity contribution in [3.05, 3.63) is 52.5 Å². The third kappa shape index (κ3) is 3.74. The first-order chi connectivity index (χ1) is 9.56. The number of nitrogen functional groups attached to an aromatic ring is 1. The lowest BCUT2D eigenvalue weighted by molar-refractivity contribution is -0.118. The van der Waals surface area contributed by atoms with Crippen molar-refractivity contribution < 1.29 is 9.53 Å². The summed E-state index contributed by atoms with van der Waals surface area (Å²) in [5.74, 6) is 0.404. The molecule has 0 aromatic heterocycles. The third-order valence-electron chi connectivity index (χ3n) is 2.73. The van der Waals surface area contributed by atoms with Gasteiger partial charge >= 0.3 is 0 Å². The molecular formula is C15H15BrN2O2. The van der Waals surface area contributed by atoms with Crippen LogP contribution in [0.1, 0.15) is 5.56 Å². The van der Waals surface area contributed by atoms with Gasteiger partial charge in [-0.15, -0.1) is 0 Å². The predicted molar refractivity (Wildman–Crippen MR) is 83.9 cm³/mol. The zero-order valence-corrected chi connectivity index (χ0v) is 12.6. The van der Waals surface area contributed by atoms with Crippen molar-refractivity contribution in [3.63, 3.8) is 0 Å². The van der Waals surface area contributed by atoms with E-state index < -0.39 is 0 Å². The van der Waals surface area contributed by atoms with Crippen molar-refractivity contribution in [2.24, 2.45) is 0 Å². The van der Waals surface area contributed by atoms with E-state index in [-0.39, 0.29) is 12.5 Å². The lowest BCUT2D eigenvalue weighted by Crippen LogP contribution is -2.20. The second-order valence-electron chi connectivity index (χ2n) is 4.34. The Balaban J connectivity index is 1.96. The standard InChI is InChI=1S/C15H15BrN2O2/c1-10-6-7-11(17)8-13(10)18-15(19)9-20-14-5-3-2-4-12(14)16/h2-8H,9,17H2,1H3,(H,18,19). The van der Waals surface area contributed by atoms with E-state index in [0.717, 1.165) is 10.0 Å². The molecule has 2 aromatic rings. The SMILES string of the molecule is Cc1ccc(N)cc1NC(=O)COc1ccccc1Br. The summed E-state index contributed by atoms with van der Waals surface area (Å²) in [6, 6.07) is 12.8. The van der Waals surface area contributed by atoms with Crippen LogP contribution in [-0.2, 0) is 4.79 Å². The highest BCUT2D eigenvalue weighted by Gasteiger charge is 2.07. The lowest BCUT2D eigenvalue weighted by Gasteiger charge is -2.11. The number of carbonyl (C=O) groups excluding carboxylic acids is 1. The molecule has 0 radical (unpaired) electrons. The minimum atomic E-state index is -0.227. The van der Waals surface area contributed by atoms with Crippen LogP contribution in [0.3, 0.4) is 0 Å². The Bertz CT molecular complexity index is 629. The summed E-state index contributed by atoms with van der Waals surface area (Å²) in [7, 11) is 0. The predicted octanol–water partition coefficient (Wildman–Crippen LogP) is 3.36. The number of aryl methyl sites for hydroxylation is 1. The molecule has 20 heavy (non-hydrogen) atoms. The summed E-state index contributed by atoms with van der Waals surface area (Å²) in [5.41, 5.74) is 7.96. The molecule has 0 atom stereocenters. The molecule has 0 heterocycles. The molecule has 2 aromatic carbocycles. The average Bonchev–Trinajstić information content (AvgIpc) is 2.42.